The number of hydrogen-bond donors (Lipinski definition) is 1. The highest BCUT2D eigenvalue weighted by Gasteiger charge is 2.07. The Morgan fingerprint density at radius 3 is 2.57 bits per heavy atom. The van der Waals surface area contributed by atoms with Crippen molar-refractivity contribution in [2.24, 2.45) is 0 Å². The van der Waals surface area contributed by atoms with Crippen LogP contribution in [-0.2, 0) is 0 Å². The minimum Gasteiger partial charge on any atom is -0.397 e. The number of para-hydroxylation sites is 2. The third-order valence-electron chi connectivity index (χ3n) is 2.13. The lowest BCUT2D eigenvalue weighted by Gasteiger charge is -2.24. The van der Waals surface area contributed by atoms with Gasteiger partial charge in [-0.1, -0.05) is 19.1 Å². The molecule has 1 aromatic rings. The zero-order valence-corrected chi connectivity index (χ0v) is 8.54. The minimum absolute atomic E-state index is 0.339. The minimum atomic E-state index is -0.339. The molecule has 78 valence electrons. The van der Waals surface area contributed by atoms with Crippen molar-refractivity contribution in [3.8, 4) is 0 Å². The number of nitrogens with two attached hydrogens (primary N) is 1. The van der Waals surface area contributed by atoms with Crippen LogP contribution < -0.4 is 10.6 Å². The summed E-state index contributed by atoms with van der Waals surface area (Å²) in [5, 5.41) is 0. The van der Waals surface area contributed by atoms with Crippen molar-refractivity contribution in [2.75, 3.05) is 30.4 Å². The van der Waals surface area contributed by atoms with Gasteiger partial charge in [0.1, 0.15) is 6.67 Å². The highest BCUT2D eigenvalue weighted by atomic mass is 19.1. The molecule has 2 N–H and O–H groups in total. The van der Waals surface area contributed by atoms with Crippen molar-refractivity contribution >= 4 is 11.4 Å². The second-order valence-corrected chi connectivity index (χ2v) is 3.23. The summed E-state index contributed by atoms with van der Waals surface area (Å²) >= 11 is 0. The van der Waals surface area contributed by atoms with Gasteiger partial charge in [-0.2, -0.15) is 0 Å². The molecular weight excluding hydrogens is 179 g/mol. The Balaban J connectivity index is 2.81. The fourth-order valence-corrected chi connectivity index (χ4v) is 1.50. The largest absolute Gasteiger partial charge is 0.397 e. The van der Waals surface area contributed by atoms with E-state index in [1.54, 1.807) is 0 Å². The topological polar surface area (TPSA) is 29.3 Å². The molecular formula is C11H17FN2. The van der Waals surface area contributed by atoms with Crippen LogP contribution in [0.3, 0.4) is 0 Å². The van der Waals surface area contributed by atoms with Crippen LogP contribution >= 0.6 is 0 Å². The predicted molar refractivity (Wildman–Crippen MR) is 59.3 cm³/mol. The Hall–Kier alpha value is -1.25. The maximum absolute atomic E-state index is 12.3. The van der Waals surface area contributed by atoms with Gasteiger partial charge in [0, 0.05) is 13.1 Å². The van der Waals surface area contributed by atoms with Gasteiger partial charge in [0.2, 0.25) is 0 Å². The number of halogens is 1. The van der Waals surface area contributed by atoms with E-state index < -0.39 is 0 Å². The zero-order chi connectivity index (χ0) is 10.4. The smallest absolute Gasteiger partial charge is 0.107 e. The maximum Gasteiger partial charge on any atom is 0.107 e. The summed E-state index contributed by atoms with van der Waals surface area (Å²) in [5.74, 6) is 0. The summed E-state index contributed by atoms with van der Waals surface area (Å²) in [6, 6.07) is 7.59. The molecule has 0 aliphatic heterocycles. The molecule has 0 aromatic heterocycles. The lowest BCUT2D eigenvalue weighted by Crippen LogP contribution is -2.27. The molecule has 0 spiro atoms. The van der Waals surface area contributed by atoms with E-state index in [0.29, 0.717) is 6.54 Å². The van der Waals surface area contributed by atoms with Crippen LogP contribution in [0.25, 0.3) is 0 Å². The van der Waals surface area contributed by atoms with Gasteiger partial charge in [-0.05, 0) is 18.6 Å². The molecule has 1 aromatic carbocycles. The maximum atomic E-state index is 12.3. The molecule has 3 heteroatoms. The first-order valence-corrected chi connectivity index (χ1v) is 4.95. The van der Waals surface area contributed by atoms with Gasteiger partial charge in [-0.15, -0.1) is 0 Å². The average molecular weight is 196 g/mol. The van der Waals surface area contributed by atoms with Gasteiger partial charge in [0.25, 0.3) is 0 Å². The van der Waals surface area contributed by atoms with Gasteiger partial charge < -0.3 is 10.6 Å². The molecule has 1 rings (SSSR count). The van der Waals surface area contributed by atoms with Crippen LogP contribution in [0.2, 0.25) is 0 Å². The summed E-state index contributed by atoms with van der Waals surface area (Å²) in [5.41, 5.74) is 7.47. The molecule has 0 bridgehead atoms. The number of anilines is 2. The number of alkyl halides is 1. The Morgan fingerprint density at radius 1 is 1.29 bits per heavy atom. The van der Waals surface area contributed by atoms with Crippen molar-refractivity contribution in [3.63, 3.8) is 0 Å². The first-order valence-electron chi connectivity index (χ1n) is 4.95. The Morgan fingerprint density at radius 2 is 2.00 bits per heavy atom. The second-order valence-electron chi connectivity index (χ2n) is 3.23. The first kappa shape index (κ1) is 10.8. The molecule has 0 fully saturated rings. The molecule has 0 atom stereocenters. The van der Waals surface area contributed by atoms with Crippen LogP contribution in [0.4, 0.5) is 15.8 Å². The van der Waals surface area contributed by atoms with E-state index in [1.807, 2.05) is 29.2 Å². The highest BCUT2D eigenvalue weighted by Crippen LogP contribution is 2.22. The number of hydrogen-bond acceptors (Lipinski definition) is 2. The van der Waals surface area contributed by atoms with Crippen LogP contribution in [0.5, 0.6) is 0 Å². The monoisotopic (exact) mass is 196 g/mol. The van der Waals surface area contributed by atoms with Gasteiger partial charge in [0.15, 0.2) is 0 Å². The summed E-state index contributed by atoms with van der Waals surface area (Å²) in [4.78, 5) is 1.98. The van der Waals surface area contributed by atoms with Gasteiger partial charge in [-0.3, -0.25) is 0 Å². The predicted octanol–water partition coefficient (Wildman–Crippen LogP) is 2.45. The molecule has 14 heavy (non-hydrogen) atoms. The second kappa shape index (κ2) is 5.47. The van der Waals surface area contributed by atoms with Crippen molar-refractivity contribution in [1.82, 2.24) is 0 Å². The quantitative estimate of drug-likeness (QED) is 0.733. The van der Waals surface area contributed by atoms with Crippen LogP contribution in [0.15, 0.2) is 24.3 Å². The number of nitrogen functional groups attached to an aromatic ring is 1. The Kier molecular flexibility index (Phi) is 4.23. The molecule has 0 saturated heterocycles. The van der Waals surface area contributed by atoms with Crippen LogP contribution in [0.1, 0.15) is 13.3 Å². The van der Waals surface area contributed by atoms with Crippen LogP contribution in [-0.4, -0.2) is 19.8 Å². The summed E-state index contributed by atoms with van der Waals surface area (Å²) in [6.07, 6.45) is 0.994. The average Bonchev–Trinajstić information content (AvgIpc) is 2.18. The molecule has 2 nitrogen and oxygen atoms in total. The molecule has 0 radical (unpaired) electrons. The van der Waals surface area contributed by atoms with Crippen molar-refractivity contribution in [3.05, 3.63) is 24.3 Å². The lowest BCUT2D eigenvalue weighted by molar-refractivity contribution is 0.489. The van der Waals surface area contributed by atoms with Crippen LogP contribution in [0, 0.1) is 0 Å². The summed E-state index contributed by atoms with van der Waals surface area (Å²) in [6.45, 7) is 3.00. The number of benzene rings is 1. The number of rotatable bonds is 5. The van der Waals surface area contributed by atoms with E-state index >= 15 is 0 Å². The van der Waals surface area contributed by atoms with Gasteiger partial charge in [0.05, 0.1) is 11.4 Å². The Labute approximate surface area is 84.5 Å². The molecule has 0 aliphatic rings. The fourth-order valence-electron chi connectivity index (χ4n) is 1.50. The standard InChI is InChI=1S/C11H17FN2/c1-2-8-14(9-7-12)11-6-4-3-5-10(11)13/h3-6H,2,7-9,13H2,1H3. The first-order chi connectivity index (χ1) is 6.79. The summed E-state index contributed by atoms with van der Waals surface area (Å²) < 4.78 is 12.3. The normalized spacial score (nSPS) is 10.1. The van der Waals surface area contributed by atoms with Gasteiger partial charge in [-0.25, -0.2) is 4.39 Å². The summed E-state index contributed by atoms with van der Waals surface area (Å²) in [7, 11) is 0. The van der Waals surface area contributed by atoms with Crippen molar-refractivity contribution < 1.29 is 4.39 Å². The molecule has 0 unspecified atom stereocenters. The van der Waals surface area contributed by atoms with E-state index in [1.165, 1.54) is 0 Å². The van der Waals surface area contributed by atoms with E-state index in [9.17, 15) is 4.39 Å². The van der Waals surface area contributed by atoms with Gasteiger partial charge >= 0.3 is 0 Å². The molecule has 0 amide bonds. The molecule has 0 saturated carbocycles. The SMILES string of the molecule is CCCN(CCF)c1ccccc1N. The van der Waals surface area contributed by atoms with Crippen molar-refractivity contribution in [2.45, 2.75) is 13.3 Å². The fraction of sp³-hybridized carbons (Fsp3) is 0.455. The van der Waals surface area contributed by atoms with E-state index in [0.717, 1.165) is 24.3 Å². The van der Waals surface area contributed by atoms with E-state index in [2.05, 4.69) is 6.92 Å². The lowest BCUT2D eigenvalue weighted by atomic mass is 10.2. The zero-order valence-electron chi connectivity index (χ0n) is 8.54. The molecule has 0 aliphatic carbocycles. The highest BCUT2D eigenvalue weighted by molar-refractivity contribution is 5.67. The van der Waals surface area contributed by atoms with E-state index in [4.69, 9.17) is 5.73 Å². The van der Waals surface area contributed by atoms with Crippen molar-refractivity contribution in [1.29, 1.82) is 0 Å². The third kappa shape index (κ3) is 2.62. The molecule has 0 heterocycles. The third-order valence-corrected chi connectivity index (χ3v) is 2.13. The Bertz CT molecular complexity index is 270. The van der Waals surface area contributed by atoms with E-state index in [-0.39, 0.29) is 6.67 Å². The number of nitrogens with zero attached hydrogens (tertiary/aromatic N) is 1.